The van der Waals surface area contributed by atoms with Gasteiger partial charge in [0.1, 0.15) is 0 Å². The van der Waals surface area contributed by atoms with Gasteiger partial charge in [-0.05, 0) is 25.3 Å². The fraction of sp³-hybridized carbons (Fsp3) is 0.529. The molecule has 1 heterocycles. The second-order valence-electron chi connectivity index (χ2n) is 6.44. The van der Waals surface area contributed by atoms with E-state index in [1.54, 1.807) is 0 Å². The van der Waals surface area contributed by atoms with Crippen molar-refractivity contribution in [1.29, 1.82) is 0 Å². The molecular weight excluding hydrogens is 266 g/mol. The molecule has 0 radical (unpaired) electrons. The summed E-state index contributed by atoms with van der Waals surface area (Å²) in [7, 11) is 0. The van der Waals surface area contributed by atoms with Gasteiger partial charge in [0, 0.05) is 18.9 Å². The summed E-state index contributed by atoms with van der Waals surface area (Å²) in [6.07, 6.45) is 2.47. The molecule has 3 rings (SSSR count). The number of rotatable bonds is 3. The van der Waals surface area contributed by atoms with Crippen LogP contribution in [0.1, 0.15) is 38.2 Å². The lowest BCUT2D eigenvalue weighted by molar-refractivity contribution is -0.140. The number of aliphatic hydroxyl groups excluding tert-OH is 1. The SMILES string of the molecule is CC1(c2ccccc2)CC(=O)N(CC2CCCC2O)C1=O. The molecule has 3 atom stereocenters. The van der Waals surface area contributed by atoms with Crippen molar-refractivity contribution in [2.24, 2.45) is 5.92 Å². The van der Waals surface area contributed by atoms with Gasteiger partial charge in [-0.25, -0.2) is 0 Å². The Balaban J connectivity index is 1.82. The Hall–Kier alpha value is -1.68. The summed E-state index contributed by atoms with van der Waals surface area (Å²) < 4.78 is 0. The lowest BCUT2D eigenvalue weighted by Crippen LogP contribution is -2.40. The first-order valence-electron chi connectivity index (χ1n) is 7.61. The van der Waals surface area contributed by atoms with Crippen LogP contribution in [0.4, 0.5) is 0 Å². The van der Waals surface area contributed by atoms with Gasteiger partial charge in [0.25, 0.3) is 0 Å². The number of aliphatic hydroxyl groups is 1. The summed E-state index contributed by atoms with van der Waals surface area (Å²) >= 11 is 0. The van der Waals surface area contributed by atoms with Gasteiger partial charge in [0.2, 0.25) is 11.8 Å². The van der Waals surface area contributed by atoms with E-state index in [2.05, 4.69) is 0 Å². The molecule has 1 aliphatic carbocycles. The summed E-state index contributed by atoms with van der Waals surface area (Å²) in [5.74, 6) is -0.209. The number of imide groups is 1. The van der Waals surface area contributed by atoms with Crippen molar-refractivity contribution >= 4 is 11.8 Å². The van der Waals surface area contributed by atoms with Crippen LogP contribution in [0.5, 0.6) is 0 Å². The molecule has 0 aromatic heterocycles. The average molecular weight is 287 g/mol. The second kappa shape index (κ2) is 5.26. The lowest BCUT2D eigenvalue weighted by Gasteiger charge is -2.25. The highest BCUT2D eigenvalue weighted by molar-refractivity contribution is 6.08. The van der Waals surface area contributed by atoms with Crippen LogP contribution in [0.2, 0.25) is 0 Å². The van der Waals surface area contributed by atoms with Gasteiger partial charge in [-0.15, -0.1) is 0 Å². The molecule has 0 bridgehead atoms. The number of nitrogens with zero attached hydrogens (tertiary/aromatic N) is 1. The molecule has 1 saturated heterocycles. The van der Waals surface area contributed by atoms with Gasteiger partial charge in [0.05, 0.1) is 11.5 Å². The van der Waals surface area contributed by atoms with Crippen molar-refractivity contribution < 1.29 is 14.7 Å². The van der Waals surface area contributed by atoms with E-state index in [-0.39, 0.29) is 30.3 Å². The van der Waals surface area contributed by atoms with Gasteiger partial charge < -0.3 is 5.11 Å². The minimum absolute atomic E-state index is 0.0380. The van der Waals surface area contributed by atoms with Crippen LogP contribution in [0.3, 0.4) is 0 Å². The van der Waals surface area contributed by atoms with E-state index in [9.17, 15) is 14.7 Å². The molecule has 2 aliphatic rings. The number of carbonyl (C=O) groups is 2. The van der Waals surface area contributed by atoms with Crippen LogP contribution in [0.15, 0.2) is 30.3 Å². The van der Waals surface area contributed by atoms with Crippen molar-refractivity contribution in [3.8, 4) is 0 Å². The predicted octanol–water partition coefficient (Wildman–Crippen LogP) is 1.86. The number of benzene rings is 1. The van der Waals surface area contributed by atoms with Crippen molar-refractivity contribution in [3.05, 3.63) is 35.9 Å². The van der Waals surface area contributed by atoms with Gasteiger partial charge in [0.15, 0.2) is 0 Å². The number of likely N-dealkylation sites (tertiary alicyclic amines) is 1. The smallest absolute Gasteiger partial charge is 0.240 e. The maximum absolute atomic E-state index is 12.8. The minimum atomic E-state index is -0.762. The summed E-state index contributed by atoms with van der Waals surface area (Å²) in [5, 5.41) is 9.92. The van der Waals surface area contributed by atoms with Crippen LogP contribution in [-0.4, -0.2) is 34.5 Å². The molecule has 0 spiro atoms. The topological polar surface area (TPSA) is 57.6 Å². The molecule has 1 saturated carbocycles. The van der Waals surface area contributed by atoms with E-state index < -0.39 is 5.41 Å². The van der Waals surface area contributed by atoms with E-state index in [1.165, 1.54) is 4.90 Å². The largest absolute Gasteiger partial charge is 0.393 e. The summed E-state index contributed by atoms with van der Waals surface area (Å²) in [4.78, 5) is 26.4. The maximum atomic E-state index is 12.8. The van der Waals surface area contributed by atoms with Crippen LogP contribution in [0, 0.1) is 5.92 Å². The zero-order valence-corrected chi connectivity index (χ0v) is 12.3. The van der Waals surface area contributed by atoms with E-state index in [1.807, 2.05) is 37.3 Å². The fourth-order valence-corrected chi connectivity index (χ4v) is 3.57. The monoisotopic (exact) mass is 287 g/mol. The van der Waals surface area contributed by atoms with Crippen molar-refractivity contribution in [2.45, 2.75) is 44.1 Å². The third-order valence-corrected chi connectivity index (χ3v) is 4.97. The van der Waals surface area contributed by atoms with Crippen LogP contribution < -0.4 is 0 Å². The molecule has 1 aromatic rings. The molecular formula is C17H21NO3. The Morgan fingerprint density at radius 3 is 2.57 bits per heavy atom. The molecule has 2 amide bonds. The lowest BCUT2D eigenvalue weighted by atomic mass is 9.81. The fourth-order valence-electron chi connectivity index (χ4n) is 3.57. The summed E-state index contributed by atoms with van der Waals surface area (Å²) in [6, 6.07) is 9.49. The molecule has 21 heavy (non-hydrogen) atoms. The zero-order chi connectivity index (χ0) is 15.0. The Morgan fingerprint density at radius 2 is 1.95 bits per heavy atom. The number of carbonyl (C=O) groups excluding carboxylic acids is 2. The molecule has 3 unspecified atom stereocenters. The number of amides is 2. The first-order valence-corrected chi connectivity index (χ1v) is 7.61. The molecule has 1 aromatic carbocycles. The molecule has 4 heteroatoms. The quantitative estimate of drug-likeness (QED) is 0.863. The van der Waals surface area contributed by atoms with Crippen molar-refractivity contribution in [2.75, 3.05) is 6.54 Å². The predicted molar refractivity (Wildman–Crippen MR) is 78.5 cm³/mol. The van der Waals surface area contributed by atoms with Crippen LogP contribution in [-0.2, 0) is 15.0 Å². The molecule has 1 N–H and O–H groups in total. The highest BCUT2D eigenvalue weighted by atomic mass is 16.3. The van der Waals surface area contributed by atoms with Crippen LogP contribution >= 0.6 is 0 Å². The third kappa shape index (κ3) is 2.38. The van der Waals surface area contributed by atoms with E-state index >= 15 is 0 Å². The normalized spacial score (nSPS) is 33.0. The standard InChI is InChI=1S/C17H21NO3/c1-17(13-7-3-2-4-8-13)10-15(20)18(16(17)21)11-12-6-5-9-14(12)19/h2-4,7-8,12,14,19H,5-6,9-11H2,1H3. The molecule has 112 valence electrons. The molecule has 1 aliphatic heterocycles. The third-order valence-electron chi connectivity index (χ3n) is 4.97. The van der Waals surface area contributed by atoms with E-state index in [0.29, 0.717) is 6.54 Å². The highest BCUT2D eigenvalue weighted by Crippen LogP contribution is 2.37. The van der Waals surface area contributed by atoms with Gasteiger partial charge in [-0.3, -0.25) is 14.5 Å². The zero-order valence-electron chi connectivity index (χ0n) is 12.3. The van der Waals surface area contributed by atoms with Gasteiger partial charge >= 0.3 is 0 Å². The number of hydrogen-bond donors (Lipinski definition) is 1. The Labute approximate surface area is 124 Å². The van der Waals surface area contributed by atoms with Gasteiger partial charge in [-0.2, -0.15) is 0 Å². The molecule has 2 fully saturated rings. The summed E-state index contributed by atoms with van der Waals surface area (Å²) in [6.45, 7) is 2.20. The molecule has 4 nitrogen and oxygen atoms in total. The van der Waals surface area contributed by atoms with E-state index in [4.69, 9.17) is 0 Å². The Kier molecular flexibility index (Phi) is 3.57. The van der Waals surface area contributed by atoms with Crippen LogP contribution in [0.25, 0.3) is 0 Å². The average Bonchev–Trinajstić information content (AvgIpc) is 2.98. The van der Waals surface area contributed by atoms with Crippen molar-refractivity contribution in [1.82, 2.24) is 4.90 Å². The summed E-state index contributed by atoms with van der Waals surface area (Å²) in [5.41, 5.74) is 0.125. The van der Waals surface area contributed by atoms with Crippen molar-refractivity contribution in [3.63, 3.8) is 0 Å². The first-order chi connectivity index (χ1) is 10.0. The van der Waals surface area contributed by atoms with Gasteiger partial charge in [-0.1, -0.05) is 36.8 Å². The van der Waals surface area contributed by atoms with E-state index in [0.717, 1.165) is 24.8 Å². The minimum Gasteiger partial charge on any atom is -0.393 e. The number of hydrogen-bond acceptors (Lipinski definition) is 3. The first kappa shape index (κ1) is 14.3. The Bertz CT molecular complexity index is 556. The maximum Gasteiger partial charge on any atom is 0.240 e. The second-order valence-corrected chi connectivity index (χ2v) is 6.44. The Morgan fingerprint density at radius 1 is 1.24 bits per heavy atom. The highest BCUT2D eigenvalue weighted by Gasteiger charge is 2.50.